The van der Waals surface area contributed by atoms with Crippen molar-refractivity contribution in [1.82, 2.24) is 15.0 Å². The van der Waals surface area contributed by atoms with Gasteiger partial charge in [0, 0.05) is 58.0 Å². The first-order chi connectivity index (χ1) is 15.1. The van der Waals surface area contributed by atoms with Crippen LogP contribution in [0.4, 0.5) is 5.88 Å². The Kier molecular flexibility index (Phi) is 7.61. The molecule has 4 rings (SSSR count). The highest BCUT2D eigenvalue weighted by molar-refractivity contribution is 5.68. The van der Waals surface area contributed by atoms with E-state index >= 15 is 0 Å². The predicted molar refractivity (Wildman–Crippen MR) is 122 cm³/mol. The molecular weight excluding hydrogens is 392 g/mol. The average molecular weight is 429 g/mol. The van der Waals surface area contributed by atoms with E-state index in [1.165, 1.54) is 12.8 Å². The molecule has 1 aromatic carbocycles. The van der Waals surface area contributed by atoms with Crippen molar-refractivity contribution in [3.8, 4) is 11.3 Å². The first kappa shape index (κ1) is 22.3. The number of hydrogen-bond donors (Lipinski definition) is 1. The van der Waals surface area contributed by atoms with Crippen molar-refractivity contribution in [1.29, 1.82) is 0 Å². The highest BCUT2D eigenvalue weighted by Crippen LogP contribution is 2.35. The fourth-order valence-corrected chi connectivity index (χ4v) is 4.22. The van der Waals surface area contributed by atoms with E-state index < -0.39 is 6.10 Å². The third kappa shape index (κ3) is 6.07. The molecule has 7 nitrogen and oxygen atoms in total. The van der Waals surface area contributed by atoms with E-state index in [4.69, 9.17) is 9.26 Å². The lowest BCUT2D eigenvalue weighted by Crippen LogP contribution is -2.45. The van der Waals surface area contributed by atoms with Gasteiger partial charge in [0.05, 0.1) is 18.3 Å². The normalized spacial score (nSPS) is 18.6. The van der Waals surface area contributed by atoms with Gasteiger partial charge >= 0.3 is 0 Å². The molecule has 2 heterocycles. The fraction of sp³-hybridized carbons (Fsp3) is 0.625. The van der Waals surface area contributed by atoms with Crippen LogP contribution in [0, 0.1) is 5.92 Å². The summed E-state index contributed by atoms with van der Waals surface area (Å²) in [7, 11) is 2.16. The van der Waals surface area contributed by atoms with E-state index in [9.17, 15) is 5.11 Å². The lowest BCUT2D eigenvalue weighted by atomic mass is 10.1. The monoisotopic (exact) mass is 428 g/mol. The number of ether oxygens (including phenoxy) is 1. The molecule has 1 aliphatic carbocycles. The maximum Gasteiger partial charge on any atom is 0.232 e. The first-order valence-electron chi connectivity index (χ1n) is 11.6. The maximum absolute atomic E-state index is 10.5. The molecule has 2 aliphatic rings. The van der Waals surface area contributed by atoms with Crippen molar-refractivity contribution >= 4 is 5.88 Å². The van der Waals surface area contributed by atoms with Crippen molar-refractivity contribution in [2.24, 2.45) is 5.92 Å². The molecule has 1 aromatic heterocycles. The number of hydrogen-bond acceptors (Lipinski definition) is 7. The van der Waals surface area contributed by atoms with Crippen LogP contribution in [0.5, 0.6) is 0 Å². The van der Waals surface area contributed by atoms with Crippen molar-refractivity contribution < 1.29 is 14.4 Å². The lowest BCUT2D eigenvalue weighted by molar-refractivity contribution is 0.0187. The Bertz CT molecular complexity index is 800. The summed E-state index contributed by atoms with van der Waals surface area (Å²) >= 11 is 0. The third-order valence-electron chi connectivity index (χ3n) is 6.18. The summed E-state index contributed by atoms with van der Waals surface area (Å²) in [5.74, 6) is 1.61. The molecule has 0 amide bonds. The van der Waals surface area contributed by atoms with Crippen LogP contribution in [0.25, 0.3) is 11.3 Å². The average Bonchev–Trinajstić information content (AvgIpc) is 3.50. The van der Waals surface area contributed by atoms with E-state index in [1.54, 1.807) is 0 Å². The lowest BCUT2D eigenvalue weighted by Gasteiger charge is -2.33. The molecule has 0 bridgehead atoms. The van der Waals surface area contributed by atoms with Gasteiger partial charge in [-0.1, -0.05) is 35.5 Å². The Hall–Kier alpha value is -1.93. The van der Waals surface area contributed by atoms with Crippen molar-refractivity contribution in [3.05, 3.63) is 35.9 Å². The number of rotatable bonds is 11. The quantitative estimate of drug-likeness (QED) is 0.590. The van der Waals surface area contributed by atoms with Gasteiger partial charge in [-0.2, -0.15) is 0 Å². The van der Waals surface area contributed by atoms with Crippen LogP contribution in [-0.4, -0.2) is 85.7 Å². The summed E-state index contributed by atoms with van der Waals surface area (Å²) in [6.45, 7) is 9.15. The summed E-state index contributed by atoms with van der Waals surface area (Å²) in [5.41, 5.74) is 3.11. The zero-order valence-corrected chi connectivity index (χ0v) is 18.9. The summed E-state index contributed by atoms with van der Waals surface area (Å²) in [6, 6.07) is 10.3. The molecule has 1 aliphatic heterocycles. The minimum Gasteiger partial charge on any atom is -0.389 e. The van der Waals surface area contributed by atoms with Crippen LogP contribution in [-0.2, 0) is 11.3 Å². The Balaban J connectivity index is 1.59. The Labute approximate surface area is 185 Å². The minimum atomic E-state index is -0.495. The second kappa shape index (κ2) is 10.6. The second-order valence-electron chi connectivity index (χ2n) is 8.92. The molecule has 2 aromatic rings. The van der Waals surface area contributed by atoms with Crippen LogP contribution >= 0.6 is 0 Å². The smallest absolute Gasteiger partial charge is 0.232 e. The van der Waals surface area contributed by atoms with Gasteiger partial charge in [-0.05, 0) is 32.7 Å². The molecule has 0 spiro atoms. The summed E-state index contributed by atoms with van der Waals surface area (Å²) in [6.07, 6.45) is 2.06. The van der Waals surface area contributed by atoms with Gasteiger partial charge in [0.25, 0.3) is 0 Å². The molecule has 1 atom stereocenters. The van der Waals surface area contributed by atoms with E-state index in [2.05, 4.69) is 39.0 Å². The van der Waals surface area contributed by atoms with Gasteiger partial charge < -0.3 is 24.2 Å². The van der Waals surface area contributed by atoms with Gasteiger partial charge in [-0.15, -0.1) is 0 Å². The van der Waals surface area contributed by atoms with Gasteiger partial charge in [-0.3, -0.25) is 4.90 Å². The summed E-state index contributed by atoms with van der Waals surface area (Å²) in [4.78, 5) is 7.02. The minimum absolute atomic E-state index is 0.373. The topological polar surface area (TPSA) is 65.2 Å². The molecule has 31 heavy (non-hydrogen) atoms. The number of aromatic nitrogens is 1. The largest absolute Gasteiger partial charge is 0.389 e. The first-order valence-corrected chi connectivity index (χ1v) is 11.6. The van der Waals surface area contributed by atoms with Gasteiger partial charge in [0.2, 0.25) is 5.88 Å². The van der Waals surface area contributed by atoms with Crippen LogP contribution in [0.15, 0.2) is 34.9 Å². The molecule has 170 valence electrons. The predicted octanol–water partition coefficient (Wildman–Crippen LogP) is 2.70. The van der Waals surface area contributed by atoms with Crippen LogP contribution in [0.3, 0.4) is 0 Å². The number of aliphatic hydroxyl groups excluding tert-OH is 1. The van der Waals surface area contributed by atoms with E-state index in [0.29, 0.717) is 19.8 Å². The standard InChI is InChI=1S/C24H36N4O3/c1-3-30-18-21(29)16-27(15-19-9-10-19)17-22-23(20-7-5-4-6-8-20)25-31-24(22)28-13-11-26(2)12-14-28/h4-8,19,21,29H,3,9-18H2,1-2H3. The zero-order chi connectivity index (χ0) is 21.6. The summed E-state index contributed by atoms with van der Waals surface area (Å²) < 4.78 is 11.4. The van der Waals surface area contributed by atoms with Crippen molar-refractivity contribution in [3.63, 3.8) is 0 Å². The van der Waals surface area contributed by atoms with E-state index in [-0.39, 0.29) is 0 Å². The SMILES string of the molecule is CCOCC(O)CN(Cc1c(-c2ccccc2)noc1N1CCN(C)CC1)CC1CC1. The maximum atomic E-state index is 10.5. The Morgan fingerprint density at radius 2 is 1.94 bits per heavy atom. The van der Waals surface area contributed by atoms with E-state index in [0.717, 1.165) is 67.9 Å². The van der Waals surface area contributed by atoms with Crippen LogP contribution in [0.1, 0.15) is 25.3 Å². The fourth-order valence-electron chi connectivity index (χ4n) is 4.22. The highest BCUT2D eigenvalue weighted by atomic mass is 16.5. The Morgan fingerprint density at radius 3 is 2.61 bits per heavy atom. The number of likely N-dealkylation sites (N-methyl/N-ethyl adjacent to an activating group) is 1. The molecule has 0 radical (unpaired) electrons. The molecular formula is C24H36N4O3. The number of nitrogens with zero attached hydrogens (tertiary/aromatic N) is 4. The van der Waals surface area contributed by atoms with Crippen LogP contribution in [0.2, 0.25) is 0 Å². The van der Waals surface area contributed by atoms with Crippen molar-refractivity contribution in [2.75, 3.05) is 64.4 Å². The van der Waals surface area contributed by atoms with Crippen molar-refractivity contribution in [2.45, 2.75) is 32.4 Å². The molecule has 2 fully saturated rings. The molecule has 1 unspecified atom stereocenters. The zero-order valence-electron chi connectivity index (χ0n) is 18.9. The molecule has 1 saturated heterocycles. The Morgan fingerprint density at radius 1 is 1.19 bits per heavy atom. The number of benzene rings is 1. The number of piperazine rings is 1. The number of aliphatic hydroxyl groups is 1. The van der Waals surface area contributed by atoms with E-state index in [1.807, 2.05) is 25.1 Å². The molecule has 1 saturated carbocycles. The third-order valence-corrected chi connectivity index (χ3v) is 6.18. The van der Waals surface area contributed by atoms with Gasteiger partial charge in [0.15, 0.2) is 0 Å². The second-order valence-corrected chi connectivity index (χ2v) is 8.92. The molecule has 7 heteroatoms. The summed E-state index contributed by atoms with van der Waals surface area (Å²) in [5, 5.41) is 15.0. The number of anilines is 1. The van der Waals surface area contributed by atoms with Gasteiger partial charge in [0.1, 0.15) is 5.69 Å². The molecule has 1 N–H and O–H groups in total. The van der Waals surface area contributed by atoms with Crippen LogP contribution < -0.4 is 4.90 Å². The highest BCUT2D eigenvalue weighted by Gasteiger charge is 2.30. The van der Waals surface area contributed by atoms with Gasteiger partial charge in [-0.25, -0.2) is 0 Å².